The van der Waals surface area contributed by atoms with E-state index in [0.29, 0.717) is 24.1 Å². The summed E-state index contributed by atoms with van der Waals surface area (Å²) in [6.07, 6.45) is 4.72. The van der Waals surface area contributed by atoms with Crippen molar-refractivity contribution in [3.8, 4) is 0 Å². The number of carbonyl (C=O) groups excluding carboxylic acids is 1. The van der Waals surface area contributed by atoms with Gasteiger partial charge >= 0.3 is 0 Å². The molecule has 0 aromatic rings. The molecule has 1 aliphatic heterocycles. The number of likely N-dealkylation sites (N-methyl/N-ethyl adjacent to an activating group) is 1. The normalized spacial score (nSPS) is 25.8. The van der Waals surface area contributed by atoms with E-state index in [0.717, 1.165) is 12.8 Å². The van der Waals surface area contributed by atoms with E-state index in [1.165, 1.54) is 17.5 Å². The van der Waals surface area contributed by atoms with E-state index in [-0.39, 0.29) is 11.1 Å². The predicted octanol–water partition coefficient (Wildman–Crippen LogP) is 1.22. The summed E-state index contributed by atoms with van der Waals surface area (Å²) >= 11 is 5.77. The number of hydrogen-bond donors (Lipinski definition) is 1. The highest BCUT2D eigenvalue weighted by Crippen LogP contribution is 2.29. The number of aliphatic imine (C=N–C) groups is 1. The Bertz CT molecular complexity index is 439. The van der Waals surface area contributed by atoms with Gasteiger partial charge in [-0.15, -0.1) is 0 Å². The van der Waals surface area contributed by atoms with Gasteiger partial charge in [0.1, 0.15) is 10.9 Å². The van der Waals surface area contributed by atoms with E-state index in [1.807, 2.05) is 4.90 Å². The first kappa shape index (κ1) is 13.0. The molecule has 18 heavy (non-hydrogen) atoms. The molecule has 0 unspecified atom stereocenters. The minimum atomic E-state index is 0.0118. The minimum absolute atomic E-state index is 0.0118. The highest BCUT2D eigenvalue weighted by Gasteiger charge is 2.37. The number of amides is 1. The Morgan fingerprint density at radius 2 is 2.28 bits per heavy atom. The summed E-state index contributed by atoms with van der Waals surface area (Å²) < 4.78 is 0. The van der Waals surface area contributed by atoms with Crippen molar-refractivity contribution in [3.63, 3.8) is 0 Å². The van der Waals surface area contributed by atoms with Gasteiger partial charge in [0.2, 0.25) is 5.91 Å². The molecular formula is C12H17ClN4O. The average molecular weight is 269 g/mol. The molecule has 2 aliphatic rings. The highest BCUT2D eigenvalue weighted by atomic mass is 35.5. The maximum absolute atomic E-state index is 11.9. The van der Waals surface area contributed by atoms with Crippen molar-refractivity contribution in [2.45, 2.75) is 25.3 Å². The third kappa shape index (κ3) is 2.22. The van der Waals surface area contributed by atoms with Crippen LogP contribution >= 0.6 is 11.6 Å². The molecule has 2 rings (SSSR count). The second-order valence-corrected chi connectivity index (χ2v) is 4.97. The molecule has 0 spiro atoms. The van der Waals surface area contributed by atoms with Crippen LogP contribution in [-0.4, -0.2) is 41.2 Å². The molecule has 0 radical (unpaired) electrons. The fourth-order valence-corrected chi connectivity index (χ4v) is 2.26. The van der Waals surface area contributed by atoms with Gasteiger partial charge in [0.25, 0.3) is 0 Å². The van der Waals surface area contributed by atoms with Crippen molar-refractivity contribution in [1.82, 2.24) is 9.80 Å². The Kier molecular flexibility index (Phi) is 3.61. The molecule has 0 aromatic heterocycles. The molecule has 1 aliphatic carbocycles. The van der Waals surface area contributed by atoms with Crippen LogP contribution in [-0.2, 0) is 4.79 Å². The van der Waals surface area contributed by atoms with Crippen LogP contribution in [0, 0.1) is 0 Å². The van der Waals surface area contributed by atoms with Gasteiger partial charge in [-0.1, -0.05) is 18.2 Å². The van der Waals surface area contributed by atoms with Gasteiger partial charge < -0.3 is 15.5 Å². The maximum atomic E-state index is 11.9. The van der Waals surface area contributed by atoms with Crippen LogP contribution in [0.15, 0.2) is 28.6 Å². The number of piperazine rings is 1. The molecule has 1 amide bonds. The number of rotatable bonds is 2. The summed E-state index contributed by atoms with van der Waals surface area (Å²) in [5.74, 6) is 0.655. The van der Waals surface area contributed by atoms with Crippen molar-refractivity contribution in [2.75, 3.05) is 13.6 Å². The van der Waals surface area contributed by atoms with E-state index < -0.39 is 0 Å². The number of carbonyl (C=O) groups is 1. The predicted molar refractivity (Wildman–Crippen MR) is 71.8 cm³/mol. The lowest BCUT2D eigenvalue weighted by molar-refractivity contribution is -0.130. The average Bonchev–Trinajstić information content (AvgIpc) is 2.22. The molecule has 1 saturated carbocycles. The number of nitrogens with two attached hydrogens (primary N) is 1. The first-order valence-corrected chi connectivity index (χ1v) is 6.31. The zero-order valence-corrected chi connectivity index (χ0v) is 11.2. The van der Waals surface area contributed by atoms with Crippen LogP contribution in [0.1, 0.15) is 19.3 Å². The standard InChI is InChI=1S/C12H17ClN4O/c1-8(13)15-12-10(6-14)16(2)11(18)7-17(12)9-4-3-5-9/h6,9H,1,3-5,7,14H2,2H3/b10-6+,15-12?. The SMILES string of the molecule is C=C(Cl)N=C1/C(=C\N)N(C)C(=O)CN1C1CCC1. The first-order chi connectivity index (χ1) is 8.54. The summed E-state index contributed by atoms with van der Waals surface area (Å²) in [5.41, 5.74) is 6.19. The molecule has 2 N–H and O–H groups in total. The lowest BCUT2D eigenvalue weighted by atomic mass is 9.90. The van der Waals surface area contributed by atoms with Crippen LogP contribution in [0.25, 0.3) is 0 Å². The van der Waals surface area contributed by atoms with Crippen LogP contribution < -0.4 is 5.73 Å². The molecule has 0 aromatic carbocycles. The van der Waals surface area contributed by atoms with E-state index in [9.17, 15) is 4.79 Å². The third-order valence-corrected chi connectivity index (χ3v) is 3.53. The fourth-order valence-electron chi connectivity index (χ4n) is 2.18. The quantitative estimate of drug-likeness (QED) is 0.766. The second kappa shape index (κ2) is 5.02. The topological polar surface area (TPSA) is 61.9 Å². The van der Waals surface area contributed by atoms with Gasteiger partial charge in [0, 0.05) is 19.3 Å². The van der Waals surface area contributed by atoms with Gasteiger partial charge in [-0.3, -0.25) is 4.79 Å². The minimum Gasteiger partial charge on any atom is -0.403 e. The monoisotopic (exact) mass is 268 g/mol. The highest BCUT2D eigenvalue weighted by molar-refractivity contribution is 6.30. The van der Waals surface area contributed by atoms with Gasteiger partial charge in [-0.2, -0.15) is 0 Å². The van der Waals surface area contributed by atoms with Crippen LogP contribution in [0.5, 0.6) is 0 Å². The molecule has 6 heteroatoms. The van der Waals surface area contributed by atoms with E-state index in [1.54, 1.807) is 7.05 Å². The Hall–Kier alpha value is -1.49. The Morgan fingerprint density at radius 3 is 2.72 bits per heavy atom. The molecule has 0 atom stereocenters. The summed E-state index contributed by atoms with van der Waals surface area (Å²) in [6, 6.07) is 0.354. The first-order valence-electron chi connectivity index (χ1n) is 5.93. The van der Waals surface area contributed by atoms with Crippen molar-refractivity contribution in [3.05, 3.63) is 23.6 Å². The zero-order chi connectivity index (χ0) is 13.3. The maximum Gasteiger partial charge on any atom is 0.246 e. The lowest BCUT2D eigenvalue weighted by Gasteiger charge is -2.44. The van der Waals surface area contributed by atoms with Gasteiger partial charge in [-0.05, 0) is 19.3 Å². The molecule has 1 heterocycles. The van der Waals surface area contributed by atoms with Crippen LogP contribution in [0.4, 0.5) is 0 Å². The lowest BCUT2D eigenvalue weighted by Crippen LogP contribution is -2.56. The number of halogens is 1. The van der Waals surface area contributed by atoms with Crippen LogP contribution in [0.2, 0.25) is 0 Å². The third-order valence-electron chi connectivity index (χ3n) is 3.44. The zero-order valence-electron chi connectivity index (χ0n) is 10.4. The molecule has 0 bridgehead atoms. The molecule has 98 valence electrons. The Morgan fingerprint density at radius 1 is 1.61 bits per heavy atom. The summed E-state index contributed by atoms with van der Waals surface area (Å²) in [4.78, 5) is 19.6. The number of amidine groups is 1. The summed E-state index contributed by atoms with van der Waals surface area (Å²) in [7, 11) is 1.69. The smallest absolute Gasteiger partial charge is 0.246 e. The molecule has 1 saturated heterocycles. The van der Waals surface area contributed by atoms with E-state index in [4.69, 9.17) is 17.3 Å². The van der Waals surface area contributed by atoms with Gasteiger partial charge in [-0.25, -0.2) is 4.99 Å². The van der Waals surface area contributed by atoms with E-state index >= 15 is 0 Å². The van der Waals surface area contributed by atoms with Crippen molar-refractivity contribution in [1.29, 1.82) is 0 Å². The number of hydrogen-bond acceptors (Lipinski definition) is 3. The number of nitrogens with zero attached hydrogens (tertiary/aromatic N) is 3. The van der Waals surface area contributed by atoms with Gasteiger partial charge in [0.15, 0.2) is 5.84 Å². The van der Waals surface area contributed by atoms with Crippen molar-refractivity contribution < 1.29 is 4.79 Å². The summed E-state index contributed by atoms with van der Waals surface area (Å²) in [6.45, 7) is 3.90. The van der Waals surface area contributed by atoms with Gasteiger partial charge in [0.05, 0.1) is 6.54 Å². The Balaban J connectivity index is 2.37. The summed E-state index contributed by atoms with van der Waals surface area (Å²) in [5, 5.41) is 0.191. The Labute approximate surface area is 112 Å². The molecule has 5 nitrogen and oxygen atoms in total. The van der Waals surface area contributed by atoms with Crippen molar-refractivity contribution in [2.24, 2.45) is 10.7 Å². The van der Waals surface area contributed by atoms with Crippen molar-refractivity contribution >= 4 is 23.3 Å². The van der Waals surface area contributed by atoms with E-state index in [2.05, 4.69) is 11.6 Å². The largest absolute Gasteiger partial charge is 0.403 e. The second-order valence-electron chi connectivity index (χ2n) is 4.53. The molecule has 2 fully saturated rings. The van der Waals surface area contributed by atoms with Crippen LogP contribution in [0.3, 0.4) is 0 Å². The molecular weight excluding hydrogens is 252 g/mol. The fraction of sp³-hybridized carbons (Fsp3) is 0.500.